The molecule has 0 fully saturated rings. The van der Waals surface area contributed by atoms with Crippen LogP contribution in [0.2, 0.25) is 0 Å². The summed E-state index contributed by atoms with van der Waals surface area (Å²) in [7, 11) is 0. The van der Waals surface area contributed by atoms with Crippen LogP contribution in [0.15, 0.2) is 97.1 Å². The normalized spacial score (nSPS) is 12.6. The van der Waals surface area contributed by atoms with E-state index in [0.717, 1.165) is 38.9 Å². The highest BCUT2D eigenvalue weighted by Gasteiger charge is 2.29. The van der Waals surface area contributed by atoms with Crippen LogP contribution in [0.3, 0.4) is 0 Å². The number of amides is 2. The van der Waals surface area contributed by atoms with Crippen molar-refractivity contribution in [2.45, 2.75) is 18.4 Å². The number of hydrogen-bond donors (Lipinski definition) is 4. The second-order valence-corrected chi connectivity index (χ2v) is 9.55. The monoisotopic (exact) mass is 536 g/mol. The number of anilines is 1. The molecule has 0 saturated heterocycles. The molecule has 1 aliphatic rings. The van der Waals surface area contributed by atoms with Gasteiger partial charge in [0.1, 0.15) is 19.3 Å². The Morgan fingerprint density at radius 3 is 1.88 bits per heavy atom. The molecule has 8 nitrogen and oxygen atoms in total. The van der Waals surface area contributed by atoms with Crippen molar-refractivity contribution < 1.29 is 29.3 Å². The topological polar surface area (TPSA) is 125 Å². The van der Waals surface area contributed by atoms with E-state index in [2.05, 4.69) is 10.6 Å². The number of benzene rings is 4. The Labute approximate surface area is 231 Å². The van der Waals surface area contributed by atoms with Crippen LogP contribution in [0.25, 0.3) is 22.3 Å². The number of carbonyl (C=O) groups excluding carboxylic acids is 2. The van der Waals surface area contributed by atoms with Crippen molar-refractivity contribution >= 4 is 23.7 Å². The summed E-state index contributed by atoms with van der Waals surface area (Å²) in [6, 6.07) is 29.3. The molecule has 1 aliphatic carbocycles. The molecule has 2 amide bonds. The molecule has 0 unspecified atom stereocenters. The van der Waals surface area contributed by atoms with Crippen LogP contribution in [0, 0.1) is 0 Å². The van der Waals surface area contributed by atoms with Gasteiger partial charge in [0.15, 0.2) is 0 Å². The zero-order valence-corrected chi connectivity index (χ0v) is 21.5. The summed E-state index contributed by atoms with van der Waals surface area (Å²) in [5.74, 6) is -1.76. The fourth-order valence-electron chi connectivity index (χ4n) is 5.00. The number of alkyl carbamates (subject to hydrolysis) is 1. The Bertz CT molecular complexity index is 1490. The van der Waals surface area contributed by atoms with Crippen LogP contribution in [-0.2, 0) is 20.7 Å². The Hall–Kier alpha value is -4.95. The van der Waals surface area contributed by atoms with Gasteiger partial charge in [0.2, 0.25) is 5.91 Å². The highest BCUT2D eigenvalue weighted by molar-refractivity contribution is 5.91. The lowest BCUT2D eigenvalue weighted by molar-refractivity contribution is -0.139. The lowest BCUT2D eigenvalue weighted by Crippen LogP contribution is -2.42. The first kappa shape index (κ1) is 26.6. The first-order chi connectivity index (χ1) is 19.4. The molecule has 0 saturated carbocycles. The lowest BCUT2D eigenvalue weighted by Gasteiger charge is -2.17. The van der Waals surface area contributed by atoms with E-state index in [-0.39, 0.29) is 18.9 Å². The second kappa shape index (κ2) is 11.8. The number of rotatable bonds is 9. The van der Waals surface area contributed by atoms with Gasteiger partial charge in [-0.25, -0.2) is 9.59 Å². The standard InChI is InChI=1S/C32H28N2O6/c35-18-30(36)33-23-15-13-22(14-16-23)21-11-9-20(10-12-21)17-29(31(37)38)34-32(39)40-19-28-26-7-3-1-5-24(26)25-6-2-4-8-27(25)28/h1-16,28-29,35H,17-19H2,(H,33,36)(H,34,39)(H,37,38)/t29-/m0/s1. The van der Waals surface area contributed by atoms with Gasteiger partial charge in [-0.05, 0) is 51.1 Å². The molecule has 0 heterocycles. The van der Waals surface area contributed by atoms with Gasteiger partial charge < -0.3 is 25.6 Å². The maximum Gasteiger partial charge on any atom is 0.407 e. The average Bonchev–Trinajstić information content (AvgIpc) is 3.30. The van der Waals surface area contributed by atoms with Crippen LogP contribution >= 0.6 is 0 Å². The van der Waals surface area contributed by atoms with Crippen molar-refractivity contribution in [2.75, 3.05) is 18.5 Å². The van der Waals surface area contributed by atoms with Crippen molar-refractivity contribution in [3.8, 4) is 22.3 Å². The number of hydrogen-bond acceptors (Lipinski definition) is 5. The molecular formula is C32H28N2O6. The number of ether oxygens (including phenoxy) is 1. The minimum Gasteiger partial charge on any atom is -0.480 e. The fraction of sp³-hybridized carbons (Fsp3) is 0.156. The van der Waals surface area contributed by atoms with Gasteiger partial charge in [-0.1, -0.05) is 84.9 Å². The van der Waals surface area contributed by atoms with E-state index >= 15 is 0 Å². The number of aliphatic hydroxyl groups is 1. The highest BCUT2D eigenvalue weighted by Crippen LogP contribution is 2.44. The van der Waals surface area contributed by atoms with E-state index < -0.39 is 30.6 Å². The SMILES string of the molecule is O=C(CO)Nc1ccc(-c2ccc(C[C@H](NC(=O)OCC3c4ccccc4-c4ccccc43)C(=O)O)cc2)cc1. The number of carbonyl (C=O) groups is 3. The summed E-state index contributed by atoms with van der Waals surface area (Å²) in [6.45, 7) is -0.486. The average molecular weight is 537 g/mol. The maximum atomic E-state index is 12.6. The summed E-state index contributed by atoms with van der Waals surface area (Å²) >= 11 is 0. The molecule has 4 N–H and O–H groups in total. The van der Waals surface area contributed by atoms with Gasteiger partial charge in [-0.15, -0.1) is 0 Å². The van der Waals surface area contributed by atoms with Crippen molar-refractivity contribution in [3.63, 3.8) is 0 Å². The molecule has 5 rings (SSSR count). The van der Waals surface area contributed by atoms with Gasteiger partial charge in [0.05, 0.1) is 0 Å². The van der Waals surface area contributed by atoms with Crippen molar-refractivity contribution in [1.82, 2.24) is 5.32 Å². The van der Waals surface area contributed by atoms with Crippen molar-refractivity contribution in [1.29, 1.82) is 0 Å². The van der Waals surface area contributed by atoms with Crippen molar-refractivity contribution in [3.05, 3.63) is 114 Å². The van der Waals surface area contributed by atoms with E-state index in [9.17, 15) is 19.5 Å². The summed E-state index contributed by atoms with van der Waals surface area (Å²) < 4.78 is 5.52. The Balaban J connectivity index is 1.19. The third-order valence-electron chi connectivity index (χ3n) is 6.97. The molecular weight excluding hydrogens is 508 g/mol. The second-order valence-electron chi connectivity index (χ2n) is 9.55. The molecule has 1 atom stereocenters. The Kier molecular flexibility index (Phi) is 7.89. The molecule has 4 aromatic rings. The maximum absolute atomic E-state index is 12.6. The highest BCUT2D eigenvalue weighted by atomic mass is 16.5. The number of aliphatic carboxylic acids is 1. The third-order valence-corrected chi connectivity index (χ3v) is 6.97. The van der Waals surface area contributed by atoms with Gasteiger partial charge in [0, 0.05) is 18.0 Å². The molecule has 0 radical (unpaired) electrons. The summed E-state index contributed by atoms with van der Waals surface area (Å²) in [5, 5.41) is 23.7. The van der Waals surface area contributed by atoms with Crippen LogP contribution in [0.4, 0.5) is 10.5 Å². The minimum atomic E-state index is -1.16. The first-order valence-electron chi connectivity index (χ1n) is 12.9. The zero-order valence-electron chi connectivity index (χ0n) is 21.5. The third kappa shape index (κ3) is 5.87. The minimum absolute atomic E-state index is 0.0892. The molecule has 0 aliphatic heterocycles. The van der Waals surface area contributed by atoms with E-state index in [4.69, 9.17) is 9.84 Å². The first-order valence-corrected chi connectivity index (χ1v) is 12.9. The van der Waals surface area contributed by atoms with Crippen LogP contribution in [0.5, 0.6) is 0 Å². The number of fused-ring (bicyclic) bond motifs is 3. The molecule has 8 heteroatoms. The largest absolute Gasteiger partial charge is 0.480 e. The predicted octanol–water partition coefficient (Wildman–Crippen LogP) is 4.82. The lowest BCUT2D eigenvalue weighted by atomic mass is 9.98. The van der Waals surface area contributed by atoms with Crippen molar-refractivity contribution in [2.24, 2.45) is 0 Å². The van der Waals surface area contributed by atoms with Gasteiger partial charge >= 0.3 is 12.1 Å². The van der Waals surface area contributed by atoms with E-state index in [0.29, 0.717) is 5.69 Å². The van der Waals surface area contributed by atoms with E-state index in [1.54, 1.807) is 12.1 Å². The number of carboxylic acid groups (broad SMARTS) is 1. The Morgan fingerprint density at radius 1 is 0.775 bits per heavy atom. The Morgan fingerprint density at radius 2 is 1.32 bits per heavy atom. The molecule has 0 bridgehead atoms. The van der Waals surface area contributed by atoms with Crippen LogP contribution < -0.4 is 10.6 Å². The molecule has 0 spiro atoms. The van der Waals surface area contributed by atoms with Crippen LogP contribution in [-0.4, -0.2) is 47.4 Å². The number of nitrogens with one attached hydrogen (secondary N) is 2. The van der Waals surface area contributed by atoms with Crippen LogP contribution in [0.1, 0.15) is 22.6 Å². The van der Waals surface area contributed by atoms with Gasteiger partial charge in [-0.3, -0.25) is 4.79 Å². The fourth-order valence-corrected chi connectivity index (χ4v) is 5.00. The van der Waals surface area contributed by atoms with Gasteiger partial charge in [-0.2, -0.15) is 0 Å². The summed E-state index contributed by atoms with van der Waals surface area (Å²) in [5.41, 5.74) is 7.50. The quantitative estimate of drug-likeness (QED) is 0.243. The smallest absolute Gasteiger partial charge is 0.407 e. The van der Waals surface area contributed by atoms with E-state index in [1.807, 2.05) is 84.9 Å². The van der Waals surface area contributed by atoms with Gasteiger partial charge in [0.25, 0.3) is 0 Å². The molecule has 0 aromatic heterocycles. The molecule has 4 aromatic carbocycles. The predicted molar refractivity (Wildman–Crippen MR) is 151 cm³/mol. The zero-order chi connectivity index (χ0) is 28.1. The molecule has 202 valence electrons. The summed E-state index contributed by atoms with van der Waals surface area (Å²) in [6.07, 6.45) is -0.689. The molecule has 40 heavy (non-hydrogen) atoms. The van der Waals surface area contributed by atoms with E-state index in [1.165, 1.54) is 0 Å². The number of carboxylic acids is 1. The number of aliphatic hydroxyl groups excluding tert-OH is 1. The summed E-state index contributed by atoms with van der Waals surface area (Å²) in [4.78, 5) is 35.9.